The fourth-order valence-electron chi connectivity index (χ4n) is 1.41. The summed E-state index contributed by atoms with van der Waals surface area (Å²) in [4.78, 5) is 12.4. The highest BCUT2D eigenvalue weighted by Gasteiger charge is 2.40. The first-order valence-corrected chi connectivity index (χ1v) is 4.36. The number of methoxy groups -OCH3 is 1. The van der Waals surface area contributed by atoms with Crippen LogP contribution >= 0.6 is 0 Å². The van der Waals surface area contributed by atoms with E-state index in [-0.39, 0.29) is 6.04 Å². The normalized spacial score (nSPS) is 19.2. The van der Waals surface area contributed by atoms with Crippen molar-refractivity contribution in [2.24, 2.45) is 0 Å². The maximum absolute atomic E-state index is 10.6. The zero-order chi connectivity index (χ0) is 10.1. The van der Waals surface area contributed by atoms with Crippen LogP contribution in [-0.4, -0.2) is 30.8 Å². The number of benzene rings is 1. The topological polar surface area (TPSA) is 49.5 Å². The van der Waals surface area contributed by atoms with Gasteiger partial charge in [-0.05, 0) is 24.3 Å². The second kappa shape index (κ2) is 3.21. The van der Waals surface area contributed by atoms with Crippen molar-refractivity contribution >= 4 is 11.7 Å². The number of hydrogen-bond donors (Lipinski definition) is 1. The molecule has 14 heavy (non-hydrogen) atoms. The Balaban J connectivity index is 2.08. The van der Waals surface area contributed by atoms with Crippen molar-refractivity contribution in [1.29, 1.82) is 0 Å². The van der Waals surface area contributed by atoms with Crippen LogP contribution < -0.4 is 9.64 Å². The lowest BCUT2D eigenvalue weighted by atomic mass is 10.3. The predicted molar refractivity (Wildman–Crippen MR) is 51.8 cm³/mol. The fourth-order valence-corrected chi connectivity index (χ4v) is 1.41. The Hall–Kier alpha value is -1.71. The van der Waals surface area contributed by atoms with Crippen LogP contribution in [0, 0.1) is 0 Å². The average Bonchev–Trinajstić information content (AvgIpc) is 2.97. The van der Waals surface area contributed by atoms with E-state index in [1.807, 2.05) is 29.2 Å². The van der Waals surface area contributed by atoms with E-state index in [0.29, 0.717) is 6.54 Å². The van der Waals surface area contributed by atoms with Gasteiger partial charge in [0, 0.05) is 5.69 Å². The van der Waals surface area contributed by atoms with Crippen LogP contribution in [0.25, 0.3) is 0 Å². The van der Waals surface area contributed by atoms with Crippen LogP contribution in [0.1, 0.15) is 0 Å². The largest absolute Gasteiger partial charge is 0.497 e. The van der Waals surface area contributed by atoms with Gasteiger partial charge in [0.25, 0.3) is 0 Å². The molecule has 1 aromatic carbocycles. The minimum atomic E-state index is -0.763. The Labute approximate surface area is 81.7 Å². The molecule has 2 rings (SSSR count). The van der Waals surface area contributed by atoms with Crippen molar-refractivity contribution in [1.82, 2.24) is 0 Å². The zero-order valence-electron chi connectivity index (χ0n) is 7.80. The minimum Gasteiger partial charge on any atom is -0.497 e. The van der Waals surface area contributed by atoms with Gasteiger partial charge in [-0.15, -0.1) is 0 Å². The second-order valence-corrected chi connectivity index (χ2v) is 3.20. The van der Waals surface area contributed by atoms with Gasteiger partial charge in [0.15, 0.2) is 0 Å². The second-order valence-electron chi connectivity index (χ2n) is 3.20. The predicted octanol–water partition coefficient (Wildman–Crippen LogP) is 0.968. The van der Waals surface area contributed by atoms with E-state index < -0.39 is 5.97 Å². The van der Waals surface area contributed by atoms with Crippen LogP contribution in [0.3, 0.4) is 0 Å². The lowest BCUT2D eigenvalue weighted by Gasteiger charge is -2.04. The van der Waals surface area contributed by atoms with Gasteiger partial charge in [0.2, 0.25) is 0 Å². The molecule has 0 bridgehead atoms. The van der Waals surface area contributed by atoms with E-state index in [0.717, 1.165) is 11.4 Å². The van der Waals surface area contributed by atoms with Gasteiger partial charge in [-0.3, -0.25) is 0 Å². The number of hydrogen-bond acceptors (Lipinski definition) is 3. The average molecular weight is 193 g/mol. The molecule has 0 aromatic heterocycles. The molecule has 0 radical (unpaired) electrons. The van der Waals surface area contributed by atoms with Crippen molar-refractivity contribution < 1.29 is 14.6 Å². The minimum absolute atomic E-state index is 0.344. The van der Waals surface area contributed by atoms with Gasteiger partial charge in [-0.1, -0.05) is 0 Å². The Morgan fingerprint density at radius 2 is 2.14 bits per heavy atom. The quantitative estimate of drug-likeness (QED) is 0.726. The number of rotatable bonds is 3. The molecule has 0 saturated carbocycles. The Kier molecular flexibility index (Phi) is 2.04. The lowest BCUT2D eigenvalue weighted by Crippen LogP contribution is -2.10. The van der Waals surface area contributed by atoms with Crippen molar-refractivity contribution in [3.05, 3.63) is 24.3 Å². The molecule has 74 valence electrons. The fraction of sp³-hybridized carbons (Fsp3) is 0.300. The highest BCUT2D eigenvalue weighted by molar-refractivity contribution is 5.84. The van der Waals surface area contributed by atoms with Gasteiger partial charge in [0.1, 0.15) is 11.8 Å². The number of ether oxygens (including phenoxy) is 1. The third-order valence-corrected chi connectivity index (χ3v) is 2.30. The third kappa shape index (κ3) is 1.51. The van der Waals surface area contributed by atoms with Crippen LogP contribution in [-0.2, 0) is 4.79 Å². The number of nitrogens with zero attached hydrogens (tertiary/aromatic N) is 1. The first kappa shape index (κ1) is 8.87. The third-order valence-electron chi connectivity index (χ3n) is 2.30. The summed E-state index contributed by atoms with van der Waals surface area (Å²) in [5.74, 6) is 0.0169. The Morgan fingerprint density at radius 1 is 1.50 bits per heavy atom. The molecule has 4 nitrogen and oxygen atoms in total. The summed E-state index contributed by atoms with van der Waals surface area (Å²) in [7, 11) is 1.60. The smallest absolute Gasteiger partial charge is 0.328 e. The molecule has 1 atom stereocenters. The standard InChI is InChI=1S/C10H11NO3/c1-14-8-4-2-7(3-5-8)11-6-9(11)10(12)13/h2-5,9H,6H2,1H3,(H,12,13)/t9-,11?/m1/s1. The molecule has 0 aliphatic carbocycles. The maximum Gasteiger partial charge on any atom is 0.328 e. The number of carboxylic acids is 1. The van der Waals surface area contributed by atoms with Crippen LogP contribution in [0.5, 0.6) is 5.75 Å². The van der Waals surface area contributed by atoms with Gasteiger partial charge < -0.3 is 14.7 Å². The van der Waals surface area contributed by atoms with Crippen molar-refractivity contribution in [3.63, 3.8) is 0 Å². The molecular weight excluding hydrogens is 182 g/mol. The Morgan fingerprint density at radius 3 is 2.57 bits per heavy atom. The number of carbonyl (C=O) groups is 1. The highest BCUT2D eigenvalue weighted by atomic mass is 16.5. The summed E-state index contributed by atoms with van der Waals surface area (Å²) >= 11 is 0. The summed E-state index contributed by atoms with van der Waals surface area (Å²) in [5, 5.41) is 8.72. The molecule has 1 fully saturated rings. The molecular formula is C10H11NO3. The molecule has 0 spiro atoms. The van der Waals surface area contributed by atoms with E-state index in [9.17, 15) is 4.79 Å². The first-order valence-electron chi connectivity index (χ1n) is 4.36. The van der Waals surface area contributed by atoms with Crippen molar-refractivity contribution in [3.8, 4) is 5.75 Å². The maximum atomic E-state index is 10.6. The summed E-state index contributed by atoms with van der Waals surface area (Å²) in [5.41, 5.74) is 0.929. The monoisotopic (exact) mass is 193 g/mol. The van der Waals surface area contributed by atoms with E-state index in [2.05, 4.69) is 0 Å². The zero-order valence-corrected chi connectivity index (χ0v) is 7.80. The van der Waals surface area contributed by atoms with E-state index in [1.54, 1.807) is 7.11 Å². The van der Waals surface area contributed by atoms with Gasteiger partial charge >= 0.3 is 5.97 Å². The molecule has 4 heteroatoms. The van der Waals surface area contributed by atoms with Gasteiger partial charge in [0.05, 0.1) is 13.7 Å². The van der Waals surface area contributed by atoms with Gasteiger partial charge in [-0.2, -0.15) is 0 Å². The molecule has 1 heterocycles. The van der Waals surface area contributed by atoms with E-state index in [1.165, 1.54) is 0 Å². The van der Waals surface area contributed by atoms with Crippen LogP contribution in [0.4, 0.5) is 5.69 Å². The molecule has 1 aliphatic heterocycles. The Bertz CT molecular complexity index is 347. The highest BCUT2D eigenvalue weighted by Crippen LogP contribution is 2.29. The molecule has 1 N–H and O–H groups in total. The van der Waals surface area contributed by atoms with Crippen molar-refractivity contribution in [2.75, 3.05) is 18.6 Å². The molecule has 0 amide bonds. The van der Waals surface area contributed by atoms with Gasteiger partial charge in [-0.25, -0.2) is 4.79 Å². The summed E-state index contributed by atoms with van der Waals surface area (Å²) < 4.78 is 5.01. The SMILES string of the molecule is COc1ccc(N2C[C@@H]2C(=O)O)cc1. The van der Waals surface area contributed by atoms with Crippen LogP contribution in [0.2, 0.25) is 0 Å². The summed E-state index contributed by atoms with van der Waals surface area (Å²) in [6, 6.07) is 7.03. The summed E-state index contributed by atoms with van der Waals surface area (Å²) in [6.45, 7) is 0.599. The summed E-state index contributed by atoms with van der Waals surface area (Å²) in [6.07, 6.45) is 0. The lowest BCUT2D eigenvalue weighted by molar-refractivity contribution is -0.136. The molecule has 1 aromatic rings. The molecule has 1 saturated heterocycles. The molecule has 0 unspecified atom stereocenters. The number of anilines is 1. The van der Waals surface area contributed by atoms with E-state index >= 15 is 0 Å². The van der Waals surface area contributed by atoms with E-state index in [4.69, 9.17) is 9.84 Å². The van der Waals surface area contributed by atoms with Crippen LogP contribution in [0.15, 0.2) is 24.3 Å². The first-order chi connectivity index (χ1) is 6.72. The van der Waals surface area contributed by atoms with Crippen molar-refractivity contribution in [2.45, 2.75) is 6.04 Å². The molecule has 1 aliphatic rings. The number of carboxylic acid groups (broad SMARTS) is 1. The number of aliphatic carboxylic acids is 1.